The predicted octanol–water partition coefficient (Wildman–Crippen LogP) is -1.34. The Labute approximate surface area is 112 Å². The molecule has 1 aliphatic rings. The molecule has 2 aromatic heterocycles. The molecule has 0 aromatic carbocycles. The fourth-order valence-corrected chi connectivity index (χ4v) is 2.27. The SMILES string of the molecule is Nc1ncnc2c1nnn2[C@@H]1O[C@H](CCl)[C@@H](O)[C@H]1O. The second-order valence-electron chi connectivity index (χ2n) is 4.17. The van der Waals surface area contributed by atoms with Crippen molar-refractivity contribution in [3.05, 3.63) is 6.33 Å². The highest BCUT2D eigenvalue weighted by Gasteiger charge is 2.44. The average Bonchev–Trinajstić information content (AvgIpc) is 2.94. The quantitative estimate of drug-likeness (QED) is 0.578. The summed E-state index contributed by atoms with van der Waals surface area (Å²) in [7, 11) is 0. The third kappa shape index (κ3) is 1.82. The van der Waals surface area contributed by atoms with Crippen molar-refractivity contribution in [2.24, 2.45) is 0 Å². The van der Waals surface area contributed by atoms with Gasteiger partial charge in [-0.25, -0.2) is 9.97 Å². The smallest absolute Gasteiger partial charge is 0.186 e. The summed E-state index contributed by atoms with van der Waals surface area (Å²) in [5.74, 6) is 0.233. The second-order valence-corrected chi connectivity index (χ2v) is 4.47. The van der Waals surface area contributed by atoms with E-state index in [0.717, 1.165) is 0 Å². The van der Waals surface area contributed by atoms with Crippen LogP contribution in [-0.4, -0.2) is 59.4 Å². The molecular formula is C9H11ClN6O3. The van der Waals surface area contributed by atoms with E-state index >= 15 is 0 Å². The van der Waals surface area contributed by atoms with Gasteiger partial charge in [0.05, 0.1) is 5.88 Å². The summed E-state index contributed by atoms with van der Waals surface area (Å²) in [6.07, 6.45) is -2.61. The van der Waals surface area contributed by atoms with Crippen LogP contribution in [0.25, 0.3) is 11.2 Å². The summed E-state index contributed by atoms with van der Waals surface area (Å²) in [6, 6.07) is 0. The lowest BCUT2D eigenvalue weighted by atomic mass is 10.1. The first-order valence-electron chi connectivity index (χ1n) is 5.52. The number of alkyl halides is 1. The number of nitrogens with two attached hydrogens (primary N) is 1. The van der Waals surface area contributed by atoms with Gasteiger partial charge in [0, 0.05) is 0 Å². The lowest BCUT2D eigenvalue weighted by Crippen LogP contribution is -2.32. The minimum absolute atomic E-state index is 0.0540. The van der Waals surface area contributed by atoms with Gasteiger partial charge in [0.15, 0.2) is 23.2 Å². The first kappa shape index (κ1) is 12.5. The van der Waals surface area contributed by atoms with Crippen LogP contribution in [0.1, 0.15) is 6.23 Å². The number of fused-ring (bicyclic) bond motifs is 1. The molecule has 3 heterocycles. The number of anilines is 1. The van der Waals surface area contributed by atoms with Crippen molar-refractivity contribution in [2.45, 2.75) is 24.5 Å². The van der Waals surface area contributed by atoms with Crippen molar-refractivity contribution in [3.63, 3.8) is 0 Å². The van der Waals surface area contributed by atoms with E-state index in [1.54, 1.807) is 0 Å². The molecule has 4 N–H and O–H groups in total. The van der Waals surface area contributed by atoms with Gasteiger partial charge in [-0.1, -0.05) is 5.21 Å². The van der Waals surface area contributed by atoms with Gasteiger partial charge in [-0.15, -0.1) is 16.7 Å². The number of nitrogens with zero attached hydrogens (tertiary/aromatic N) is 5. The molecule has 9 nitrogen and oxygen atoms in total. The van der Waals surface area contributed by atoms with E-state index < -0.39 is 24.5 Å². The molecule has 0 amide bonds. The Bertz CT molecular complexity index is 607. The number of aromatic nitrogens is 5. The van der Waals surface area contributed by atoms with E-state index in [0.29, 0.717) is 11.2 Å². The number of ether oxygens (including phenoxy) is 1. The lowest BCUT2D eigenvalue weighted by molar-refractivity contribution is -0.0375. The number of hydrogen-bond donors (Lipinski definition) is 3. The van der Waals surface area contributed by atoms with Crippen LogP contribution in [0.2, 0.25) is 0 Å². The third-order valence-electron chi connectivity index (χ3n) is 3.02. The van der Waals surface area contributed by atoms with Crippen LogP contribution in [0.5, 0.6) is 0 Å². The zero-order valence-corrected chi connectivity index (χ0v) is 10.3. The van der Waals surface area contributed by atoms with Gasteiger partial charge in [0.25, 0.3) is 0 Å². The van der Waals surface area contributed by atoms with E-state index in [4.69, 9.17) is 22.1 Å². The monoisotopic (exact) mass is 286 g/mol. The minimum Gasteiger partial charge on any atom is -0.387 e. The molecule has 0 spiro atoms. The molecule has 0 saturated carbocycles. The van der Waals surface area contributed by atoms with Crippen molar-refractivity contribution in [3.8, 4) is 0 Å². The molecule has 102 valence electrons. The van der Waals surface area contributed by atoms with Gasteiger partial charge in [0.2, 0.25) is 0 Å². The molecule has 3 rings (SSSR count). The first-order valence-corrected chi connectivity index (χ1v) is 6.06. The highest BCUT2D eigenvalue weighted by molar-refractivity contribution is 6.18. The van der Waals surface area contributed by atoms with E-state index in [-0.39, 0.29) is 11.7 Å². The molecule has 0 unspecified atom stereocenters. The Morgan fingerprint density at radius 1 is 1.37 bits per heavy atom. The molecular weight excluding hydrogens is 276 g/mol. The number of aliphatic hydroxyl groups excluding tert-OH is 2. The van der Waals surface area contributed by atoms with Crippen LogP contribution < -0.4 is 5.73 Å². The normalized spacial score (nSPS) is 31.1. The molecule has 0 bridgehead atoms. The van der Waals surface area contributed by atoms with Gasteiger partial charge in [0.1, 0.15) is 24.6 Å². The maximum atomic E-state index is 9.96. The highest BCUT2D eigenvalue weighted by atomic mass is 35.5. The standard InChI is InChI=1S/C9H11ClN6O3/c10-1-3-5(17)6(18)9(19-3)16-8-4(14-15-16)7(11)12-2-13-8/h2-3,5-6,9,17-18H,1H2,(H2,11,12,13)/t3-,5-,6-,9-/m1/s1. The summed E-state index contributed by atoms with van der Waals surface area (Å²) in [5, 5.41) is 27.4. The molecule has 2 aromatic rings. The number of nitrogen functional groups attached to an aromatic ring is 1. The van der Waals surface area contributed by atoms with E-state index in [1.807, 2.05) is 0 Å². The van der Waals surface area contributed by atoms with Crippen molar-refractivity contribution >= 4 is 28.6 Å². The lowest BCUT2D eigenvalue weighted by Gasteiger charge is -2.14. The van der Waals surface area contributed by atoms with Crippen LogP contribution in [0.15, 0.2) is 6.33 Å². The van der Waals surface area contributed by atoms with Crippen LogP contribution in [0, 0.1) is 0 Å². The molecule has 19 heavy (non-hydrogen) atoms. The van der Waals surface area contributed by atoms with Gasteiger partial charge < -0.3 is 20.7 Å². The van der Waals surface area contributed by atoms with Crippen LogP contribution in [0.4, 0.5) is 5.82 Å². The Morgan fingerprint density at radius 2 is 2.16 bits per heavy atom. The molecule has 0 aliphatic carbocycles. The van der Waals surface area contributed by atoms with Crippen LogP contribution >= 0.6 is 11.6 Å². The Balaban J connectivity index is 2.04. The van der Waals surface area contributed by atoms with Gasteiger partial charge in [-0.3, -0.25) is 0 Å². The topological polar surface area (TPSA) is 132 Å². The van der Waals surface area contributed by atoms with Gasteiger partial charge in [-0.05, 0) is 0 Å². The predicted molar refractivity (Wildman–Crippen MR) is 64.2 cm³/mol. The highest BCUT2D eigenvalue weighted by Crippen LogP contribution is 2.31. The van der Waals surface area contributed by atoms with Gasteiger partial charge in [-0.2, -0.15) is 4.68 Å². The molecule has 0 radical (unpaired) electrons. The number of aliphatic hydroxyl groups is 2. The Morgan fingerprint density at radius 3 is 2.84 bits per heavy atom. The number of rotatable bonds is 2. The fraction of sp³-hybridized carbons (Fsp3) is 0.556. The summed E-state index contributed by atoms with van der Waals surface area (Å²) in [4.78, 5) is 7.79. The second kappa shape index (κ2) is 4.53. The average molecular weight is 287 g/mol. The molecule has 1 aliphatic heterocycles. The van der Waals surface area contributed by atoms with Crippen molar-refractivity contribution in [1.29, 1.82) is 0 Å². The fourth-order valence-electron chi connectivity index (χ4n) is 2.01. The maximum absolute atomic E-state index is 9.96. The number of hydrogen-bond acceptors (Lipinski definition) is 8. The van der Waals surface area contributed by atoms with Crippen LogP contribution in [-0.2, 0) is 4.74 Å². The molecule has 1 saturated heterocycles. The van der Waals surface area contributed by atoms with Gasteiger partial charge >= 0.3 is 0 Å². The van der Waals surface area contributed by atoms with Crippen LogP contribution in [0.3, 0.4) is 0 Å². The molecule has 4 atom stereocenters. The Kier molecular flexibility index (Phi) is 2.97. The maximum Gasteiger partial charge on any atom is 0.186 e. The third-order valence-corrected chi connectivity index (χ3v) is 3.32. The summed E-state index contributed by atoms with van der Waals surface area (Å²) in [5.41, 5.74) is 6.27. The largest absolute Gasteiger partial charge is 0.387 e. The summed E-state index contributed by atoms with van der Waals surface area (Å²) >= 11 is 5.65. The molecule has 10 heteroatoms. The van der Waals surface area contributed by atoms with Crippen molar-refractivity contribution in [1.82, 2.24) is 25.0 Å². The summed E-state index contributed by atoms with van der Waals surface area (Å²) in [6.45, 7) is 0. The minimum atomic E-state index is -1.18. The van der Waals surface area contributed by atoms with Crippen molar-refractivity contribution < 1.29 is 14.9 Å². The van der Waals surface area contributed by atoms with E-state index in [2.05, 4.69) is 20.3 Å². The Hall–Kier alpha value is -1.55. The zero-order chi connectivity index (χ0) is 13.6. The molecule has 1 fully saturated rings. The zero-order valence-electron chi connectivity index (χ0n) is 9.59. The number of halogens is 1. The van der Waals surface area contributed by atoms with E-state index in [1.165, 1.54) is 11.0 Å². The van der Waals surface area contributed by atoms with Crippen molar-refractivity contribution in [2.75, 3.05) is 11.6 Å². The van der Waals surface area contributed by atoms with E-state index in [9.17, 15) is 10.2 Å². The summed E-state index contributed by atoms with van der Waals surface area (Å²) < 4.78 is 6.71. The first-order chi connectivity index (χ1) is 9.13.